The standard InChI is InChI=1S/C38H49N5O7/c1-27-35(25-41-20-22-42(23-21-41)33-15-17-34(18-16-33)43(47)48)49-38(50-37(27)31-11-9-30(26-44)10-12-31)32-13-7-29(8-14-32)24-40-36(46)6-4-3-5-19-39-28(2)45/h7-18,27,35,37-38,44H,3-6,19-26H2,1-2H3,(H,39,45)(H,40,46)/t27-,35+,37+,38+/m1/s1. The molecule has 0 spiro atoms. The van der Waals surface area contributed by atoms with Crippen molar-refractivity contribution in [3.05, 3.63) is 105 Å². The molecule has 50 heavy (non-hydrogen) atoms. The average Bonchev–Trinajstić information content (AvgIpc) is 3.13. The van der Waals surface area contributed by atoms with Gasteiger partial charge in [0.15, 0.2) is 6.29 Å². The maximum atomic E-state index is 12.4. The van der Waals surface area contributed by atoms with Crippen molar-refractivity contribution >= 4 is 23.2 Å². The summed E-state index contributed by atoms with van der Waals surface area (Å²) in [5, 5.41) is 26.4. The predicted molar refractivity (Wildman–Crippen MR) is 190 cm³/mol. The van der Waals surface area contributed by atoms with E-state index in [0.717, 1.165) is 79.9 Å². The Kier molecular flexibility index (Phi) is 13.3. The molecule has 2 heterocycles. The molecule has 0 aromatic heterocycles. The molecule has 0 radical (unpaired) electrons. The van der Waals surface area contributed by atoms with Crippen LogP contribution in [-0.2, 0) is 32.2 Å². The van der Waals surface area contributed by atoms with Gasteiger partial charge in [0.25, 0.3) is 5.69 Å². The van der Waals surface area contributed by atoms with Gasteiger partial charge in [-0.1, -0.05) is 61.9 Å². The van der Waals surface area contributed by atoms with Crippen LogP contribution in [0.15, 0.2) is 72.8 Å². The first-order valence-corrected chi connectivity index (χ1v) is 17.5. The Labute approximate surface area is 293 Å². The minimum atomic E-state index is -0.582. The molecule has 2 fully saturated rings. The fraction of sp³-hybridized carbons (Fsp3) is 0.474. The second kappa shape index (κ2) is 18.0. The van der Waals surface area contributed by atoms with E-state index in [0.29, 0.717) is 19.5 Å². The number of hydrogen-bond acceptors (Lipinski definition) is 9. The van der Waals surface area contributed by atoms with Crippen molar-refractivity contribution in [2.24, 2.45) is 5.92 Å². The lowest BCUT2D eigenvalue weighted by Gasteiger charge is -2.44. The van der Waals surface area contributed by atoms with Gasteiger partial charge < -0.3 is 30.1 Å². The summed E-state index contributed by atoms with van der Waals surface area (Å²) in [6.45, 7) is 8.73. The van der Waals surface area contributed by atoms with Gasteiger partial charge in [-0.2, -0.15) is 0 Å². The lowest BCUT2D eigenvalue weighted by molar-refractivity contribution is -0.384. The smallest absolute Gasteiger partial charge is 0.269 e. The largest absolute Gasteiger partial charge is 0.392 e. The molecular formula is C38H49N5O7. The highest BCUT2D eigenvalue weighted by atomic mass is 16.7. The van der Waals surface area contributed by atoms with Crippen molar-refractivity contribution in [2.75, 3.05) is 44.2 Å². The maximum absolute atomic E-state index is 12.4. The van der Waals surface area contributed by atoms with E-state index in [4.69, 9.17) is 9.47 Å². The first-order valence-electron chi connectivity index (χ1n) is 17.5. The maximum Gasteiger partial charge on any atom is 0.269 e. The summed E-state index contributed by atoms with van der Waals surface area (Å²) >= 11 is 0. The fourth-order valence-electron chi connectivity index (χ4n) is 6.49. The van der Waals surface area contributed by atoms with Crippen molar-refractivity contribution in [2.45, 2.75) is 71.2 Å². The summed E-state index contributed by atoms with van der Waals surface area (Å²) in [5.74, 6) is 0.0266. The number of unbranched alkanes of at least 4 members (excludes halogenated alkanes) is 2. The highest BCUT2D eigenvalue weighted by molar-refractivity contribution is 5.75. The molecule has 12 heteroatoms. The van der Waals surface area contributed by atoms with Crippen LogP contribution >= 0.6 is 0 Å². The van der Waals surface area contributed by atoms with Crippen LogP contribution in [0, 0.1) is 16.0 Å². The molecule has 3 N–H and O–H groups in total. The number of nitrogens with one attached hydrogen (secondary N) is 2. The monoisotopic (exact) mass is 687 g/mol. The van der Waals surface area contributed by atoms with Crippen LogP contribution in [0.1, 0.15) is 74.2 Å². The second-order valence-corrected chi connectivity index (χ2v) is 13.2. The number of carbonyl (C=O) groups excluding carboxylic acids is 2. The Morgan fingerprint density at radius 1 is 0.860 bits per heavy atom. The Hall–Kier alpha value is -4.36. The van der Waals surface area contributed by atoms with Crippen LogP contribution in [0.3, 0.4) is 0 Å². The highest BCUT2D eigenvalue weighted by Crippen LogP contribution is 2.42. The van der Waals surface area contributed by atoms with Gasteiger partial charge in [-0.3, -0.25) is 24.6 Å². The van der Waals surface area contributed by atoms with E-state index in [-0.39, 0.29) is 47.2 Å². The van der Waals surface area contributed by atoms with Crippen LogP contribution < -0.4 is 15.5 Å². The van der Waals surface area contributed by atoms with Crippen molar-refractivity contribution in [3.8, 4) is 0 Å². The third-order valence-electron chi connectivity index (χ3n) is 9.56. The van der Waals surface area contributed by atoms with Gasteiger partial charge >= 0.3 is 0 Å². The van der Waals surface area contributed by atoms with E-state index in [1.54, 1.807) is 12.1 Å². The number of aliphatic hydroxyl groups is 1. The van der Waals surface area contributed by atoms with Gasteiger partial charge in [-0.15, -0.1) is 0 Å². The summed E-state index contributed by atoms with van der Waals surface area (Å²) in [6, 6.07) is 22.6. The highest BCUT2D eigenvalue weighted by Gasteiger charge is 2.39. The SMILES string of the molecule is CC(=O)NCCCCCC(=O)NCc1ccc([C@H]2O[C@@H](CN3CCN(c4ccc([N+](=O)[O-])cc4)CC3)[C@@H](C)[C@@H](c3ccc(CO)cc3)O2)cc1. The number of amides is 2. The molecule has 2 aliphatic rings. The van der Waals surface area contributed by atoms with E-state index >= 15 is 0 Å². The molecule has 0 unspecified atom stereocenters. The number of piperazine rings is 1. The molecule has 3 aromatic carbocycles. The molecule has 268 valence electrons. The zero-order chi connectivity index (χ0) is 35.5. The van der Waals surface area contributed by atoms with Gasteiger partial charge in [-0.25, -0.2) is 0 Å². The third-order valence-corrected chi connectivity index (χ3v) is 9.56. The molecule has 4 atom stereocenters. The van der Waals surface area contributed by atoms with Gasteiger partial charge in [0, 0.05) is 88.5 Å². The van der Waals surface area contributed by atoms with Crippen LogP contribution in [0.5, 0.6) is 0 Å². The molecule has 2 amide bonds. The molecule has 2 saturated heterocycles. The molecule has 12 nitrogen and oxygen atoms in total. The number of non-ortho nitro benzene ring substituents is 1. The summed E-state index contributed by atoms with van der Waals surface area (Å²) in [7, 11) is 0. The van der Waals surface area contributed by atoms with Crippen LogP contribution in [0.4, 0.5) is 11.4 Å². The molecule has 3 aromatic rings. The summed E-state index contributed by atoms with van der Waals surface area (Å²) < 4.78 is 13.3. The van der Waals surface area contributed by atoms with Crippen LogP contribution in [0.25, 0.3) is 0 Å². The number of nitrogens with zero attached hydrogens (tertiary/aromatic N) is 3. The normalized spacial score (nSPS) is 21.1. The lowest BCUT2D eigenvalue weighted by Crippen LogP contribution is -2.51. The first-order chi connectivity index (χ1) is 24.2. The lowest BCUT2D eigenvalue weighted by atomic mass is 9.90. The van der Waals surface area contributed by atoms with E-state index < -0.39 is 6.29 Å². The second-order valence-electron chi connectivity index (χ2n) is 13.2. The number of hydrogen-bond donors (Lipinski definition) is 3. The summed E-state index contributed by atoms with van der Waals surface area (Å²) in [4.78, 5) is 38.7. The van der Waals surface area contributed by atoms with Gasteiger partial charge in [0.05, 0.1) is 23.7 Å². The number of anilines is 1. The minimum Gasteiger partial charge on any atom is -0.392 e. The van der Waals surface area contributed by atoms with Crippen LogP contribution in [-0.4, -0.2) is 72.1 Å². The Balaban J connectivity index is 1.18. The third kappa shape index (κ3) is 10.3. The van der Waals surface area contributed by atoms with Crippen molar-refractivity contribution in [3.63, 3.8) is 0 Å². The Bertz CT molecular complexity index is 1540. The van der Waals surface area contributed by atoms with Crippen molar-refractivity contribution in [1.29, 1.82) is 0 Å². The summed E-state index contributed by atoms with van der Waals surface area (Å²) in [5.41, 5.74) is 4.83. The average molecular weight is 688 g/mol. The van der Waals surface area contributed by atoms with Gasteiger partial charge in [0.2, 0.25) is 11.8 Å². The minimum absolute atomic E-state index is 0.00742. The molecule has 0 aliphatic carbocycles. The first kappa shape index (κ1) is 36.9. The number of aliphatic hydroxyl groups excluding tert-OH is 1. The fourth-order valence-corrected chi connectivity index (χ4v) is 6.49. The molecular weight excluding hydrogens is 638 g/mol. The number of ether oxygens (including phenoxy) is 2. The summed E-state index contributed by atoms with van der Waals surface area (Å²) in [6.07, 6.45) is 2.06. The Morgan fingerprint density at radius 2 is 1.52 bits per heavy atom. The Morgan fingerprint density at radius 3 is 2.16 bits per heavy atom. The molecule has 2 aliphatic heterocycles. The van der Waals surface area contributed by atoms with Crippen molar-refractivity contribution in [1.82, 2.24) is 15.5 Å². The van der Waals surface area contributed by atoms with E-state index in [2.05, 4.69) is 27.4 Å². The number of carbonyl (C=O) groups is 2. The number of nitro groups is 1. The van der Waals surface area contributed by atoms with Crippen LogP contribution in [0.2, 0.25) is 0 Å². The molecule has 0 saturated carbocycles. The quantitative estimate of drug-likeness (QED) is 0.114. The molecule has 0 bridgehead atoms. The van der Waals surface area contributed by atoms with E-state index in [9.17, 15) is 24.8 Å². The number of nitro benzene ring substituents is 1. The predicted octanol–water partition coefficient (Wildman–Crippen LogP) is 5.01. The van der Waals surface area contributed by atoms with Gasteiger partial charge in [-0.05, 0) is 41.7 Å². The van der Waals surface area contributed by atoms with Gasteiger partial charge in [0.1, 0.15) is 0 Å². The topological polar surface area (TPSA) is 147 Å². The molecule has 5 rings (SSSR count). The number of benzene rings is 3. The van der Waals surface area contributed by atoms with Crippen molar-refractivity contribution < 1.29 is 29.1 Å². The zero-order valence-electron chi connectivity index (χ0n) is 29.0. The van der Waals surface area contributed by atoms with E-state index in [1.807, 2.05) is 60.7 Å². The van der Waals surface area contributed by atoms with E-state index in [1.165, 1.54) is 6.92 Å². The number of rotatable bonds is 15. The zero-order valence-corrected chi connectivity index (χ0v) is 29.0.